The molecule has 0 aliphatic heterocycles. The van der Waals surface area contributed by atoms with Gasteiger partial charge in [0.05, 0.1) is 0 Å². The highest BCUT2D eigenvalue weighted by Crippen LogP contribution is 2.42. The van der Waals surface area contributed by atoms with E-state index >= 15 is 0 Å². The topological polar surface area (TPSA) is 3.24 Å². The Kier molecular flexibility index (Phi) is 4.76. The van der Waals surface area contributed by atoms with Gasteiger partial charge in [-0.05, 0) is 74.8 Å². The molecule has 0 fully saturated rings. The first-order valence-electron chi connectivity index (χ1n) is 12.9. The van der Waals surface area contributed by atoms with E-state index in [2.05, 4.69) is 144 Å². The van der Waals surface area contributed by atoms with Crippen LogP contribution < -0.4 is 4.90 Å². The maximum Gasteiger partial charge on any atom is 0.0476 e. The van der Waals surface area contributed by atoms with E-state index in [0.717, 1.165) is 11.4 Å². The first kappa shape index (κ1) is 21.4. The van der Waals surface area contributed by atoms with Gasteiger partial charge in [-0.3, -0.25) is 0 Å². The Morgan fingerprint density at radius 2 is 0.974 bits per heavy atom. The molecule has 1 nitrogen and oxygen atoms in total. The van der Waals surface area contributed by atoms with Gasteiger partial charge in [0.2, 0.25) is 0 Å². The fourth-order valence-corrected chi connectivity index (χ4v) is 6.98. The number of hydrogen-bond acceptors (Lipinski definition) is 2. The fourth-order valence-electron chi connectivity index (χ4n) is 5.84. The van der Waals surface area contributed by atoms with Crippen LogP contribution in [0.4, 0.5) is 17.1 Å². The van der Waals surface area contributed by atoms with Crippen LogP contribution >= 0.6 is 11.3 Å². The number of rotatable bonds is 3. The van der Waals surface area contributed by atoms with Crippen LogP contribution in [0.2, 0.25) is 0 Å². The summed E-state index contributed by atoms with van der Waals surface area (Å²) >= 11 is 1.86. The average molecular weight is 502 g/mol. The Labute approximate surface area is 224 Å². The molecule has 0 bridgehead atoms. The summed E-state index contributed by atoms with van der Waals surface area (Å²) in [6.45, 7) is 0. The average Bonchev–Trinajstić information content (AvgIpc) is 3.35. The highest BCUT2D eigenvalue weighted by atomic mass is 32.1. The lowest BCUT2D eigenvalue weighted by atomic mass is 9.96. The van der Waals surface area contributed by atoms with Crippen molar-refractivity contribution in [3.8, 4) is 0 Å². The quantitative estimate of drug-likeness (QED) is 0.218. The molecule has 0 atom stereocenters. The normalized spacial score (nSPS) is 11.7. The Morgan fingerprint density at radius 3 is 1.84 bits per heavy atom. The zero-order valence-electron chi connectivity index (χ0n) is 20.6. The maximum absolute atomic E-state index is 2.37. The summed E-state index contributed by atoms with van der Waals surface area (Å²) in [6.07, 6.45) is 0. The third-order valence-corrected chi connectivity index (χ3v) is 8.73. The van der Waals surface area contributed by atoms with Crippen molar-refractivity contribution >= 4 is 80.9 Å². The van der Waals surface area contributed by atoms with Crippen molar-refractivity contribution in [1.29, 1.82) is 0 Å². The van der Waals surface area contributed by atoms with Crippen molar-refractivity contribution in [2.45, 2.75) is 0 Å². The monoisotopic (exact) mass is 501 g/mol. The van der Waals surface area contributed by atoms with E-state index in [1.54, 1.807) is 0 Å². The van der Waals surface area contributed by atoms with Crippen LogP contribution in [0, 0.1) is 0 Å². The Balaban J connectivity index is 1.35. The molecule has 7 aromatic carbocycles. The Hall–Kier alpha value is -4.66. The van der Waals surface area contributed by atoms with Crippen molar-refractivity contribution in [2.75, 3.05) is 4.90 Å². The molecule has 0 aliphatic carbocycles. The number of fused-ring (bicyclic) bond motifs is 8. The lowest BCUT2D eigenvalue weighted by molar-refractivity contribution is 1.30. The van der Waals surface area contributed by atoms with E-state index in [4.69, 9.17) is 0 Å². The maximum atomic E-state index is 2.37. The molecule has 0 saturated heterocycles. The molecule has 0 amide bonds. The van der Waals surface area contributed by atoms with Crippen LogP contribution in [0.5, 0.6) is 0 Å². The third-order valence-electron chi connectivity index (χ3n) is 7.60. The standard InChI is InChI=1S/C36H23NS/c1-2-9-27(10-3-1)37(29-19-21-33-32-12-6-7-13-34(32)38-35(33)23-29)28-18-20-31-26(22-28)17-16-25-15-14-24-8-4-5-11-30(24)36(25)31/h1-23H. The zero-order valence-corrected chi connectivity index (χ0v) is 21.5. The molecule has 0 radical (unpaired) electrons. The van der Waals surface area contributed by atoms with E-state index in [1.165, 1.54) is 58.2 Å². The van der Waals surface area contributed by atoms with Gasteiger partial charge in [-0.1, -0.05) is 97.1 Å². The third kappa shape index (κ3) is 3.31. The molecule has 8 aromatic rings. The van der Waals surface area contributed by atoms with Gasteiger partial charge in [0.15, 0.2) is 0 Å². The second-order valence-corrected chi connectivity index (χ2v) is 10.9. The van der Waals surface area contributed by atoms with Crippen molar-refractivity contribution in [3.05, 3.63) is 140 Å². The summed E-state index contributed by atoms with van der Waals surface area (Å²) < 4.78 is 2.64. The molecule has 8 rings (SSSR count). The molecule has 0 N–H and O–H groups in total. The van der Waals surface area contributed by atoms with Gasteiger partial charge in [0.25, 0.3) is 0 Å². The molecule has 0 saturated carbocycles. The van der Waals surface area contributed by atoms with Gasteiger partial charge < -0.3 is 4.90 Å². The van der Waals surface area contributed by atoms with Crippen LogP contribution in [0.3, 0.4) is 0 Å². The minimum Gasteiger partial charge on any atom is -0.310 e. The number of benzene rings is 7. The predicted molar refractivity (Wildman–Crippen MR) is 167 cm³/mol. The summed E-state index contributed by atoms with van der Waals surface area (Å²) in [6, 6.07) is 50.8. The summed E-state index contributed by atoms with van der Waals surface area (Å²) in [5.41, 5.74) is 3.48. The SMILES string of the molecule is c1ccc(N(c2ccc3c(ccc4ccc5ccccc5c43)c2)c2ccc3c(c2)sc2ccccc23)cc1. The first-order valence-corrected chi connectivity index (χ1v) is 13.8. The Morgan fingerprint density at radius 1 is 0.368 bits per heavy atom. The van der Waals surface area contributed by atoms with E-state index in [0.29, 0.717) is 0 Å². The fraction of sp³-hybridized carbons (Fsp3) is 0. The largest absolute Gasteiger partial charge is 0.310 e. The number of anilines is 3. The van der Waals surface area contributed by atoms with Gasteiger partial charge in [-0.2, -0.15) is 0 Å². The number of hydrogen-bond donors (Lipinski definition) is 0. The smallest absolute Gasteiger partial charge is 0.0476 e. The summed E-state index contributed by atoms with van der Waals surface area (Å²) in [7, 11) is 0. The second kappa shape index (κ2) is 8.44. The molecular formula is C36H23NS. The molecule has 2 heteroatoms. The lowest BCUT2D eigenvalue weighted by Gasteiger charge is -2.26. The first-order chi connectivity index (χ1) is 18.8. The van der Waals surface area contributed by atoms with Gasteiger partial charge in [0.1, 0.15) is 0 Å². The summed E-state index contributed by atoms with van der Waals surface area (Å²) in [5.74, 6) is 0. The minimum absolute atomic E-state index is 1.15. The number of nitrogens with zero attached hydrogens (tertiary/aromatic N) is 1. The predicted octanol–water partition coefficient (Wildman–Crippen LogP) is 11.0. The highest BCUT2D eigenvalue weighted by molar-refractivity contribution is 7.25. The van der Waals surface area contributed by atoms with Crippen molar-refractivity contribution in [1.82, 2.24) is 0 Å². The highest BCUT2D eigenvalue weighted by Gasteiger charge is 2.16. The van der Waals surface area contributed by atoms with Gasteiger partial charge >= 0.3 is 0 Å². The van der Waals surface area contributed by atoms with Crippen molar-refractivity contribution in [3.63, 3.8) is 0 Å². The lowest BCUT2D eigenvalue weighted by Crippen LogP contribution is -2.09. The van der Waals surface area contributed by atoms with E-state index in [-0.39, 0.29) is 0 Å². The molecule has 0 spiro atoms. The van der Waals surface area contributed by atoms with Crippen LogP contribution in [0.1, 0.15) is 0 Å². The van der Waals surface area contributed by atoms with Gasteiger partial charge in [0, 0.05) is 37.2 Å². The molecule has 0 aliphatic rings. The molecular weight excluding hydrogens is 478 g/mol. The Bertz CT molecular complexity index is 2140. The second-order valence-electron chi connectivity index (χ2n) is 9.81. The number of thiophene rings is 1. The van der Waals surface area contributed by atoms with Crippen LogP contribution in [0.15, 0.2) is 140 Å². The van der Waals surface area contributed by atoms with Crippen LogP contribution in [-0.4, -0.2) is 0 Å². The van der Waals surface area contributed by atoms with E-state index in [9.17, 15) is 0 Å². The minimum atomic E-state index is 1.15. The van der Waals surface area contributed by atoms with Gasteiger partial charge in [-0.25, -0.2) is 0 Å². The van der Waals surface area contributed by atoms with Crippen LogP contribution in [-0.2, 0) is 0 Å². The summed E-state index contributed by atoms with van der Waals surface area (Å²) in [4.78, 5) is 2.37. The van der Waals surface area contributed by atoms with Crippen molar-refractivity contribution in [2.24, 2.45) is 0 Å². The molecule has 1 aromatic heterocycles. The zero-order chi connectivity index (χ0) is 25.1. The number of para-hydroxylation sites is 1. The molecule has 1 heterocycles. The molecule has 38 heavy (non-hydrogen) atoms. The van der Waals surface area contributed by atoms with Crippen molar-refractivity contribution < 1.29 is 0 Å². The molecule has 178 valence electrons. The molecule has 0 unspecified atom stereocenters. The van der Waals surface area contributed by atoms with E-state index < -0.39 is 0 Å². The van der Waals surface area contributed by atoms with E-state index in [1.807, 2.05) is 11.3 Å². The van der Waals surface area contributed by atoms with Crippen LogP contribution in [0.25, 0.3) is 52.5 Å². The summed E-state index contributed by atoms with van der Waals surface area (Å²) in [5, 5.41) is 10.4. The van der Waals surface area contributed by atoms with Gasteiger partial charge in [-0.15, -0.1) is 11.3 Å².